The smallest absolute Gasteiger partial charge is 0.418 e. The first-order valence-corrected chi connectivity index (χ1v) is 7.20. The fourth-order valence-electron chi connectivity index (χ4n) is 1.89. The Morgan fingerprint density at radius 2 is 2.05 bits per heavy atom. The molecular weight excluding hydrogens is 317 g/mol. The Balaban J connectivity index is 2.22. The summed E-state index contributed by atoms with van der Waals surface area (Å²) < 4.78 is 38.8. The topological polar surface area (TPSA) is 62.2 Å². The molecule has 0 aliphatic carbocycles. The van der Waals surface area contributed by atoms with Crippen LogP contribution in [0.1, 0.15) is 22.6 Å². The number of anilines is 2. The largest absolute Gasteiger partial charge is 0.481 e. The SMILES string of the molecule is Cc1nc(Nc2ccccc2C(F)(F)F)sc1CCC(=O)O. The Bertz CT molecular complexity index is 683. The van der Waals surface area contributed by atoms with Gasteiger partial charge in [-0.05, 0) is 25.5 Å². The number of thiazole rings is 1. The maximum absolute atomic E-state index is 12.9. The Hall–Kier alpha value is -2.09. The van der Waals surface area contributed by atoms with E-state index in [9.17, 15) is 18.0 Å². The number of benzene rings is 1. The molecule has 0 aliphatic rings. The first kappa shape index (κ1) is 16.3. The van der Waals surface area contributed by atoms with E-state index in [-0.39, 0.29) is 12.1 Å². The number of hydrogen-bond donors (Lipinski definition) is 2. The molecule has 8 heteroatoms. The maximum Gasteiger partial charge on any atom is 0.418 e. The van der Waals surface area contributed by atoms with Crippen LogP contribution in [0.5, 0.6) is 0 Å². The van der Waals surface area contributed by atoms with Crippen LogP contribution >= 0.6 is 11.3 Å². The van der Waals surface area contributed by atoms with Crippen LogP contribution in [0.25, 0.3) is 0 Å². The lowest BCUT2D eigenvalue weighted by Gasteiger charge is -2.12. The van der Waals surface area contributed by atoms with E-state index in [1.54, 1.807) is 6.92 Å². The van der Waals surface area contributed by atoms with Gasteiger partial charge in [-0.15, -0.1) is 11.3 Å². The second-order valence-corrected chi connectivity index (χ2v) is 5.67. The van der Waals surface area contributed by atoms with E-state index in [0.29, 0.717) is 17.2 Å². The lowest BCUT2D eigenvalue weighted by molar-refractivity contribution is -0.137. The van der Waals surface area contributed by atoms with Crippen molar-refractivity contribution >= 4 is 28.1 Å². The lowest BCUT2D eigenvalue weighted by atomic mass is 10.2. The third-order valence-electron chi connectivity index (χ3n) is 2.93. The van der Waals surface area contributed by atoms with Crippen LogP contribution in [0.3, 0.4) is 0 Å². The molecule has 0 saturated heterocycles. The zero-order valence-corrected chi connectivity index (χ0v) is 12.4. The van der Waals surface area contributed by atoms with E-state index in [2.05, 4.69) is 10.3 Å². The highest BCUT2D eigenvalue weighted by molar-refractivity contribution is 7.15. The number of halogens is 3. The normalized spacial score (nSPS) is 11.5. The summed E-state index contributed by atoms with van der Waals surface area (Å²) in [6.07, 6.45) is -4.19. The van der Waals surface area contributed by atoms with Gasteiger partial charge in [0.1, 0.15) is 0 Å². The molecule has 0 atom stereocenters. The van der Waals surface area contributed by atoms with Crippen LogP contribution in [-0.2, 0) is 17.4 Å². The highest BCUT2D eigenvalue weighted by Crippen LogP contribution is 2.36. The van der Waals surface area contributed by atoms with Gasteiger partial charge < -0.3 is 10.4 Å². The van der Waals surface area contributed by atoms with Gasteiger partial charge in [0.15, 0.2) is 5.13 Å². The zero-order chi connectivity index (χ0) is 16.3. The number of rotatable bonds is 5. The minimum Gasteiger partial charge on any atom is -0.481 e. The minimum atomic E-state index is -4.46. The van der Waals surface area contributed by atoms with Crippen molar-refractivity contribution < 1.29 is 23.1 Å². The number of aryl methyl sites for hydroxylation is 2. The van der Waals surface area contributed by atoms with Gasteiger partial charge in [-0.25, -0.2) is 4.98 Å². The molecule has 2 N–H and O–H groups in total. The Morgan fingerprint density at radius 3 is 2.68 bits per heavy atom. The average molecular weight is 330 g/mol. The van der Waals surface area contributed by atoms with Gasteiger partial charge in [0.05, 0.1) is 23.4 Å². The second-order valence-electron chi connectivity index (χ2n) is 4.59. The molecule has 0 unspecified atom stereocenters. The predicted octanol–water partition coefficient (Wildman–Crippen LogP) is 4.23. The molecule has 1 heterocycles. The number of carboxylic acid groups (broad SMARTS) is 1. The third kappa shape index (κ3) is 3.97. The second kappa shape index (κ2) is 6.35. The summed E-state index contributed by atoms with van der Waals surface area (Å²) in [6, 6.07) is 5.15. The van der Waals surface area contributed by atoms with Gasteiger partial charge in [0.2, 0.25) is 0 Å². The summed E-state index contributed by atoms with van der Waals surface area (Å²) in [6.45, 7) is 1.70. The number of hydrogen-bond acceptors (Lipinski definition) is 4. The van der Waals surface area contributed by atoms with Crippen LogP contribution in [0.15, 0.2) is 24.3 Å². The van der Waals surface area contributed by atoms with Gasteiger partial charge in [0.25, 0.3) is 0 Å². The standard InChI is InChI=1S/C14H13F3N2O2S/c1-8-11(6-7-12(20)21)22-13(18-8)19-10-5-3-2-4-9(10)14(15,16)17/h2-5H,6-7H2,1H3,(H,18,19)(H,20,21). The van der Waals surface area contributed by atoms with Crippen molar-refractivity contribution in [2.24, 2.45) is 0 Å². The van der Waals surface area contributed by atoms with Crippen molar-refractivity contribution in [2.45, 2.75) is 25.9 Å². The summed E-state index contributed by atoms with van der Waals surface area (Å²) in [4.78, 5) is 15.5. The number of para-hydroxylation sites is 1. The van der Waals surface area contributed by atoms with Crippen LogP contribution in [-0.4, -0.2) is 16.1 Å². The van der Waals surface area contributed by atoms with E-state index in [1.807, 2.05) is 0 Å². The number of carboxylic acids is 1. The number of aromatic nitrogens is 1. The molecule has 0 saturated carbocycles. The number of carbonyl (C=O) groups is 1. The van der Waals surface area contributed by atoms with Crippen molar-refractivity contribution in [3.8, 4) is 0 Å². The molecule has 0 amide bonds. The van der Waals surface area contributed by atoms with Crippen molar-refractivity contribution in [1.82, 2.24) is 4.98 Å². The van der Waals surface area contributed by atoms with Crippen LogP contribution < -0.4 is 5.32 Å². The number of aliphatic carboxylic acids is 1. The summed E-state index contributed by atoms with van der Waals surface area (Å²) in [5.74, 6) is -0.926. The first-order chi connectivity index (χ1) is 10.3. The van der Waals surface area contributed by atoms with Gasteiger partial charge in [-0.1, -0.05) is 12.1 Å². The maximum atomic E-state index is 12.9. The predicted molar refractivity (Wildman–Crippen MR) is 77.5 cm³/mol. The molecule has 22 heavy (non-hydrogen) atoms. The third-order valence-corrected chi connectivity index (χ3v) is 4.07. The van der Waals surface area contributed by atoms with E-state index >= 15 is 0 Å². The Labute approximate surface area is 128 Å². The van der Waals surface area contributed by atoms with E-state index in [1.165, 1.54) is 18.2 Å². The average Bonchev–Trinajstić information content (AvgIpc) is 2.76. The molecule has 4 nitrogen and oxygen atoms in total. The Kier molecular flexibility index (Phi) is 4.70. The first-order valence-electron chi connectivity index (χ1n) is 6.38. The molecule has 1 aromatic carbocycles. The molecule has 118 valence electrons. The monoisotopic (exact) mass is 330 g/mol. The lowest BCUT2D eigenvalue weighted by Crippen LogP contribution is -2.08. The molecule has 2 rings (SSSR count). The van der Waals surface area contributed by atoms with Gasteiger partial charge in [-0.2, -0.15) is 13.2 Å². The molecule has 0 aliphatic heterocycles. The molecule has 0 radical (unpaired) electrons. The Morgan fingerprint density at radius 1 is 1.36 bits per heavy atom. The van der Waals surface area contributed by atoms with Crippen molar-refractivity contribution in [1.29, 1.82) is 0 Å². The van der Waals surface area contributed by atoms with Gasteiger partial charge in [0, 0.05) is 4.88 Å². The number of nitrogens with one attached hydrogen (secondary N) is 1. The van der Waals surface area contributed by atoms with Crippen molar-refractivity contribution in [3.05, 3.63) is 40.4 Å². The summed E-state index contributed by atoms with van der Waals surface area (Å²) >= 11 is 1.16. The molecular formula is C14H13F3N2O2S. The number of nitrogens with zero attached hydrogens (tertiary/aromatic N) is 1. The summed E-state index contributed by atoms with van der Waals surface area (Å²) in [5.41, 5.74) is -0.221. The van der Waals surface area contributed by atoms with E-state index in [4.69, 9.17) is 5.11 Å². The zero-order valence-electron chi connectivity index (χ0n) is 11.6. The quantitative estimate of drug-likeness (QED) is 0.861. The highest BCUT2D eigenvalue weighted by atomic mass is 32.1. The molecule has 1 aromatic heterocycles. The molecule has 0 fully saturated rings. The molecule has 0 bridgehead atoms. The molecule has 2 aromatic rings. The van der Waals surface area contributed by atoms with Crippen LogP contribution in [0.2, 0.25) is 0 Å². The number of alkyl halides is 3. The van der Waals surface area contributed by atoms with Gasteiger partial charge in [-0.3, -0.25) is 4.79 Å². The van der Waals surface area contributed by atoms with Crippen LogP contribution in [0.4, 0.5) is 24.0 Å². The minimum absolute atomic E-state index is 0.0401. The molecule has 0 spiro atoms. The fourth-order valence-corrected chi connectivity index (χ4v) is 2.86. The van der Waals surface area contributed by atoms with E-state index in [0.717, 1.165) is 22.3 Å². The van der Waals surface area contributed by atoms with Crippen molar-refractivity contribution in [3.63, 3.8) is 0 Å². The summed E-state index contributed by atoms with van der Waals surface area (Å²) in [5, 5.41) is 11.7. The van der Waals surface area contributed by atoms with E-state index < -0.39 is 17.7 Å². The van der Waals surface area contributed by atoms with Gasteiger partial charge >= 0.3 is 12.1 Å². The fraction of sp³-hybridized carbons (Fsp3) is 0.286. The highest BCUT2D eigenvalue weighted by Gasteiger charge is 2.33. The summed E-state index contributed by atoms with van der Waals surface area (Å²) in [7, 11) is 0. The van der Waals surface area contributed by atoms with Crippen molar-refractivity contribution in [2.75, 3.05) is 5.32 Å². The van der Waals surface area contributed by atoms with Crippen LogP contribution in [0, 0.1) is 6.92 Å².